The summed E-state index contributed by atoms with van der Waals surface area (Å²) in [5.74, 6) is 0. The van der Waals surface area contributed by atoms with Gasteiger partial charge in [-0.2, -0.15) is 0 Å². The van der Waals surface area contributed by atoms with Crippen LogP contribution in [0.3, 0.4) is 0 Å². The Bertz CT molecular complexity index is 796. The lowest BCUT2D eigenvalue weighted by Gasteiger charge is -2.29. The lowest BCUT2D eigenvalue weighted by Crippen LogP contribution is -2.22. The Labute approximate surface area is 144 Å². The molecule has 0 saturated heterocycles. The molecule has 24 heavy (non-hydrogen) atoms. The molecule has 122 valence electrons. The number of benzene rings is 3. The van der Waals surface area contributed by atoms with Crippen LogP contribution in [0.2, 0.25) is 0 Å². The number of hydrogen-bond acceptors (Lipinski definition) is 2. The molecule has 0 heterocycles. The Kier molecular flexibility index (Phi) is 4.85. The van der Waals surface area contributed by atoms with Crippen molar-refractivity contribution in [2.75, 3.05) is 24.3 Å². The highest BCUT2D eigenvalue weighted by atomic mass is 15.1. The standard InChI is InChI=1S/C22H24N2/c1-17(24(3)22-15-8-7-14-21(22)23-2)19-12-9-13-20(16-19)18-10-5-4-6-11-18/h4-17,23H,1-3H3. The second-order valence-electron chi connectivity index (χ2n) is 6.05. The fraction of sp³-hybridized carbons (Fsp3) is 0.182. The first-order valence-electron chi connectivity index (χ1n) is 8.35. The van der Waals surface area contributed by atoms with Crippen molar-refractivity contribution < 1.29 is 0 Å². The second-order valence-corrected chi connectivity index (χ2v) is 6.05. The highest BCUT2D eigenvalue weighted by molar-refractivity contribution is 5.70. The van der Waals surface area contributed by atoms with Crippen molar-refractivity contribution in [3.63, 3.8) is 0 Å². The van der Waals surface area contributed by atoms with E-state index in [2.05, 4.69) is 103 Å². The van der Waals surface area contributed by atoms with Crippen LogP contribution in [0.25, 0.3) is 11.1 Å². The smallest absolute Gasteiger partial charge is 0.0604 e. The van der Waals surface area contributed by atoms with Gasteiger partial charge >= 0.3 is 0 Å². The molecule has 0 aliphatic rings. The third kappa shape index (κ3) is 3.28. The Morgan fingerprint density at radius 3 is 2.21 bits per heavy atom. The molecule has 1 N–H and O–H groups in total. The van der Waals surface area contributed by atoms with Crippen molar-refractivity contribution in [1.29, 1.82) is 0 Å². The van der Waals surface area contributed by atoms with E-state index in [1.807, 2.05) is 7.05 Å². The van der Waals surface area contributed by atoms with Crippen LogP contribution in [0.4, 0.5) is 11.4 Å². The van der Waals surface area contributed by atoms with Crippen molar-refractivity contribution in [2.24, 2.45) is 0 Å². The van der Waals surface area contributed by atoms with Gasteiger partial charge < -0.3 is 10.2 Å². The quantitative estimate of drug-likeness (QED) is 0.660. The minimum absolute atomic E-state index is 0.281. The predicted octanol–water partition coefficient (Wildman–Crippen LogP) is 5.59. The highest BCUT2D eigenvalue weighted by Crippen LogP contribution is 2.32. The summed E-state index contributed by atoms with van der Waals surface area (Å²) in [4.78, 5) is 2.32. The van der Waals surface area contributed by atoms with Crippen molar-refractivity contribution in [3.05, 3.63) is 84.4 Å². The second kappa shape index (κ2) is 7.22. The fourth-order valence-corrected chi connectivity index (χ4v) is 3.03. The van der Waals surface area contributed by atoms with Crippen LogP contribution in [-0.2, 0) is 0 Å². The SMILES string of the molecule is CNc1ccccc1N(C)C(C)c1cccc(-c2ccccc2)c1. The average Bonchev–Trinajstić information content (AvgIpc) is 2.67. The van der Waals surface area contributed by atoms with E-state index >= 15 is 0 Å². The third-order valence-corrected chi connectivity index (χ3v) is 4.61. The van der Waals surface area contributed by atoms with Crippen LogP contribution in [0.1, 0.15) is 18.5 Å². The van der Waals surface area contributed by atoms with Crippen LogP contribution in [-0.4, -0.2) is 14.1 Å². The Morgan fingerprint density at radius 1 is 0.792 bits per heavy atom. The molecule has 3 aromatic rings. The van der Waals surface area contributed by atoms with Crippen LogP contribution in [0, 0.1) is 0 Å². The third-order valence-electron chi connectivity index (χ3n) is 4.61. The number of anilines is 2. The number of rotatable bonds is 5. The highest BCUT2D eigenvalue weighted by Gasteiger charge is 2.15. The molecule has 0 bridgehead atoms. The Balaban J connectivity index is 1.91. The molecule has 0 aliphatic heterocycles. The summed E-state index contributed by atoms with van der Waals surface area (Å²) in [6.07, 6.45) is 0. The molecule has 1 unspecified atom stereocenters. The number of nitrogens with one attached hydrogen (secondary N) is 1. The van der Waals surface area contributed by atoms with Crippen molar-refractivity contribution in [3.8, 4) is 11.1 Å². The minimum atomic E-state index is 0.281. The zero-order valence-corrected chi connectivity index (χ0v) is 14.5. The van der Waals surface area contributed by atoms with Gasteiger partial charge in [-0.05, 0) is 41.8 Å². The van der Waals surface area contributed by atoms with E-state index < -0.39 is 0 Å². The summed E-state index contributed by atoms with van der Waals surface area (Å²) in [5.41, 5.74) is 6.17. The largest absolute Gasteiger partial charge is 0.386 e. The lowest BCUT2D eigenvalue weighted by atomic mass is 9.99. The number of para-hydroxylation sites is 2. The summed E-state index contributed by atoms with van der Waals surface area (Å²) in [5, 5.41) is 3.28. The molecule has 3 rings (SSSR count). The molecular weight excluding hydrogens is 292 g/mol. The van der Waals surface area contributed by atoms with E-state index in [4.69, 9.17) is 0 Å². The molecule has 0 aliphatic carbocycles. The summed E-state index contributed by atoms with van der Waals surface area (Å²) < 4.78 is 0. The van der Waals surface area contributed by atoms with Crippen LogP contribution < -0.4 is 10.2 Å². The van der Waals surface area contributed by atoms with Crippen LogP contribution in [0.5, 0.6) is 0 Å². The molecule has 0 saturated carbocycles. The van der Waals surface area contributed by atoms with E-state index in [1.54, 1.807) is 0 Å². The molecule has 2 heteroatoms. The van der Waals surface area contributed by atoms with Crippen LogP contribution >= 0.6 is 0 Å². The van der Waals surface area contributed by atoms with Gasteiger partial charge in [0, 0.05) is 14.1 Å². The number of nitrogens with zero attached hydrogens (tertiary/aromatic N) is 1. The summed E-state index contributed by atoms with van der Waals surface area (Å²) in [7, 11) is 4.11. The topological polar surface area (TPSA) is 15.3 Å². The molecular formula is C22H24N2. The maximum atomic E-state index is 3.28. The predicted molar refractivity (Wildman–Crippen MR) is 105 cm³/mol. The van der Waals surface area contributed by atoms with Gasteiger partial charge in [-0.1, -0.05) is 60.7 Å². The van der Waals surface area contributed by atoms with Gasteiger partial charge in [0.2, 0.25) is 0 Å². The monoisotopic (exact) mass is 316 g/mol. The summed E-state index contributed by atoms with van der Waals surface area (Å²) in [6, 6.07) is 28.0. The Hall–Kier alpha value is -2.74. The normalized spacial score (nSPS) is 11.8. The maximum Gasteiger partial charge on any atom is 0.0604 e. The maximum absolute atomic E-state index is 3.28. The number of hydrogen-bond donors (Lipinski definition) is 1. The van der Waals surface area contributed by atoms with Crippen molar-refractivity contribution in [2.45, 2.75) is 13.0 Å². The lowest BCUT2D eigenvalue weighted by molar-refractivity contribution is 0.741. The minimum Gasteiger partial charge on any atom is -0.386 e. The molecule has 0 amide bonds. The first kappa shape index (κ1) is 16.1. The summed E-state index contributed by atoms with van der Waals surface area (Å²) in [6.45, 7) is 2.25. The fourth-order valence-electron chi connectivity index (χ4n) is 3.03. The van der Waals surface area contributed by atoms with Gasteiger partial charge in [0.05, 0.1) is 17.4 Å². The molecule has 2 nitrogen and oxygen atoms in total. The van der Waals surface area contributed by atoms with Gasteiger partial charge in [-0.3, -0.25) is 0 Å². The molecule has 0 radical (unpaired) electrons. The molecule has 0 aromatic heterocycles. The Morgan fingerprint density at radius 2 is 1.46 bits per heavy atom. The molecule has 0 fully saturated rings. The molecule has 0 spiro atoms. The van der Waals surface area contributed by atoms with Gasteiger partial charge in [0.1, 0.15) is 0 Å². The zero-order chi connectivity index (χ0) is 16.9. The molecule has 1 atom stereocenters. The zero-order valence-electron chi connectivity index (χ0n) is 14.5. The van der Waals surface area contributed by atoms with Crippen LogP contribution in [0.15, 0.2) is 78.9 Å². The van der Waals surface area contributed by atoms with E-state index in [-0.39, 0.29) is 6.04 Å². The average molecular weight is 316 g/mol. The van der Waals surface area contributed by atoms with Gasteiger partial charge in [0.15, 0.2) is 0 Å². The van der Waals surface area contributed by atoms with E-state index in [0.717, 1.165) is 5.69 Å². The van der Waals surface area contributed by atoms with Gasteiger partial charge in [-0.15, -0.1) is 0 Å². The van der Waals surface area contributed by atoms with E-state index in [9.17, 15) is 0 Å². The van der Waals surface area contributed by atoms with E-state index in [0.29, 0.717) is 0 Å². The first-order valence-corrected chi connectivity index (χ1v) is 8.35. The first-order chi connectivity index (χ1) is 11.7. The van der Waals surface area contributed by atoms with Crippen molar-refractivity contribution in [1.82, 2.24) is 0 Å². The van der Waals surface area contributed by atoms with Gasteiger partial charge in [-0.25, -0.2) is 0 Å². The van der Waals surface area contributed by atoms with Crippen molar-refractivity contribution >= 4 is 11.4 Å². The van der Waals surface area contributed by atoms with Gasteiger partial charge in [0.25, 0.3) is 0 Å². The van der Waals surface area contributed by atoms with E-state index in [1.165, 1.54) is 22.4 Å². The summed E-state index contributed by atoms with van der Waals surface area (Å²) >= 11 is 0. The molecule has 3 aromatic carbocycles.